The quantitative estimate of drug-likeness (QED) is 0.885. The van der Waals surface area contributed by atoms with Crippen molar-refractivity contribution in [1.29, 1.82) is 0 Å². The molecule has 1 saturated heterocycles. The van der Waals surface area contributed by atoms with Crippen LogP contribution in [0.2, 0.25) is 0 Å². The number of halogens is 2. The van der Waals surface area contributed by atoms with Crippen LogP contribution in [0.25, 0.3) is 0 Å². The third-order valence-corrected chi connectivity index (χ3v) is 3.78. The van der Waals surface area contributed by atoms with Gasteiger partial charge in [0.25, 0.3) is 0 Å². The Morgan fingerprint density at radius 3 is 2.57 bits per heavy atom. The Bertz CT molecular complexity index is 750. The molecule has 1 heterocycles. The fraction of sp³-hybridized carbons (Fsp3) is 0.176. The van der Waals surface area contributed by atoms with Gasteiger partial charge in [0.15, 0.2) is 0 Å². The molecule has 2 aromatic rings. The second kappa shape index (κ2) is 6.16. The number of nitrogens with zero attached hydrogens (tertiary/aromatic N) is 1. The number of hydrogen-bond donors (Lipinski definition) is 1. The van der Waals surface area contributed by atoms with Gasteiger partial charge < -0.3 is 10.2 Å². The van der Waals surface area contributed by atoms with E-state index in [9.17, 15) is 18.4 Å². The summed E-state index contributed by atoms with van der Waals surface area (Å²) in [6.07, 6.45) is 0.350. The summed E-state index contributed by atoms with van der Waals surface area (Å²) in [4.78, 5) is 26.1. The van der Waals surface area contributed by atoms with Crippen LogP contribution in [-0.2, 0) is 9.59 Å². The lowest BCUT2D eigenvalue weighted by molar-refractivity contribution is -0.129. The number of amides is 2. The maximum atomic E-state index is 13.6. The molecule has 0 saturated carbocycles. The van der Waals surface area contributed by atoms with E-state index in [1.165, 1.54) is 4.90 Å². The molecule has 23 heavy (non-hydrogen) atoms. The first-order valence-corrected chi connectivity index (χ1v) is 7.18. The molecule has 0 radical (unpaired) electrons. The standard InChI is InChI=1S/C17H14F2N2O2/c18-11-6-7-15(14(19)10-11)20-16(22)13-8-9-21(17(13)23)12-4-2-1-3-5-12/h1-7,10,13H,8-9H2,(H,20,22)/t13-/m1/s1. The summed E-state index contributed by atoms with van der Waals surface area (Å²) in [5.74, 6) is -3.38. The molecule has 0 aromatic heterocycles. The lowest BCUT2D eigenvalue weighted by atomic mass is 10.1. The molecule has 6 heteroatoms. The zero-order valence-corrected chi connectivity index (χ0v) is 12.1. The predicted molar refractivity (Wildman–Crippen MR) is 81.9 cm³/mol. The van der Waals surface area contributed by atoms with Crippen molar-refractivity contribution < 1.29 is 18.4 Å². The van der Waals surface area contributed by atoms with E-state index in [1.54, 1.807) is 12.1 Å². The number of carbonyl (C=O) groups is 2. The van der Waals surface area contributed by atoms with Gasteiger partial charge in [-0.1, -0.05) is 18.2 Å². The summed E-state index contributed by atoms with van der Waals surface area (Å²) >= 11 is 0. The minimum Gasteiger partial charge on any atom is -0.323 e. The lowest BCUT2D eigenvalue weighted by Gasteiger charge is -2.16. The third-order valence-electron chi connectivity index (χ3n) is 3.78. The molecule has 0 unspecified atom stereocenters. The van der Waals surface area contributed by atoms with Crippen LogP contribution in [0, 0.1) is 17.6 Å². The largest absolute Gasteiger partial charge is 0.323 e. The number of anilines is 2. The Balaban J connectivity index is 1.72. The average molecular weight is 316 g/mol. The van der Waals surface area contributed by atoms with Crippen molar-refractivity contribution in [3.63, 3.8) is 0 Å². The number of benzene rings is 2. The van der Waals surface area contributed by atoms with Gasteiger partial charge in [-0.15, -0.1) is 0 Å². The van der Waals surface area contributed by atoms with Crippen LogP contribution in [0.1, 0.15) is 6.42 Å². The highest BCUT2D eigenvalue weighted by molar-refractivity contribution is 6.13. The Hall–Kier alpha value is -2.76. The highest BCUT2D eigenvalue weighted by atomic mass is 19.1. The van der Waals surface area contributed by atoms with Gasteiger partial charge in [-0.05, 0) is 30.7 Å². The van der Waals surface area contributed by atoms with Crippen molar-refractivity contribution in [1.82, 2.24) is 0 Å². The summed E-state index contributed by atoms with van der Waals surface area (Å²) in [5.41, 5.74) is 0.586. The molecular formula is C17H14F2N2O2. The molecule has 3 rings (SSSR count). The average Bonchev–Trinajstić information content (AvgIpc) is 2.92. The maximum Gasteiger partial charge on any atom is 0.239 e. The minimum atomic E-state index is -0.875. The van der Waals surface area contributed by atoms with Crippen LogP contribution in [0.5, 0.6) is 0 Å². The van der Waals surface area contributed by atoms with Crippen LogP contribution in [0.4, 0.5) is 20.2 Å². The van der Waals surface area contributed by atoms with E-state index in [0.717, 1.165) is 17.8 Å². The first-order valence-electron chi connectivity index (χ1n) is 7.18. The summed E-state index contributed by atoms with van der Waals surface area (Å²) in [6.45, 7) is 0.423. The van der Waals surface area contributed by atoms with Crippen LogP contribution in [0.3, 0.4) is 0 Å². The normalized spacial score (nSPS) is 17.4. The molecule has 1 N–H and O–H groups in total. The highest BCUT2D eigenvalue weighted by Gasteiger charge is 2.37. The topological polar surface area (TPSA) is 49.4 Å². The number of rotatable bonds is 3. The molecule has 0 bridgehead atoms. The molecule has 2 amide bonds. The molecule has 1 atom stereocenters. The van der Waals surface area contributed by atoms with E-state index < -0.39 is 23.5 Å². The Morgan fingerprint density at radius 1 is 1.13 bits per heavy atom. The number of para-hydroxylation sites is 1. The Kier molecular flexibility index (Phi) is 4.06. The SMILES string of the molecule is O=C(Nc1ccc(F)cc1F)[C@H]1CCN(c2ccccc2)C1=O. The van der Waals surface area contributed by atoms with Gasteiger partial charge in [0.2, 0.25) is 11.8 Å². The fourth-order valence-electron chi connectivity index (χ4n) is 2.60. The molecule has 0 aliphatic carbocycles. The van der Waals surface area contributed by atoms with E-state index in [4.69, 9.17) is 0 Å². The minimum absolute atomic E-state index is 0.137. The molecular weight excluding hydrogens is 302 g/mol. The monoisotopic (exact) mass is 316 g/mol. The molecule has 118 valence electrons. The molecule has 1 aliphatic rings. The van der Waals surface area contributed by atoms with Crippen LogP contribution < -0.4 is 10.2 Å². The van der Waals surface area contributed by atoms with E-state index in [1.807, 2.05) is 18.2 Å². The van der Waals surface area contributed by atoms with E-state index in [-0.39, 0.29) is 11.6 Å². The predicted octanol–water partition coefficient (Wildman–Crippen LogP) is 2.96. The summed E-state index contributed by atoms with van der Waals surface area (Å²) in [6, 6.07) is 11.9. The van der Waals surface area contributed by atoms with Gasteiger partial charge in [0.1, 0.15) is 17.6 Å². The van der Waals surface area contributed by atoms with E-state index in [2.05, 4.69) is 5.32 Å². The zero-order chi connectivity index (χ0) is 16.4. The second-order valence-corrected chi connectivity index (χ2v) is 5.28. The van der Waals surface area contributed by atoms with Gasteiger partial charge in [-0.25, -0.2) is 8.78 Å². The van der Waals surface area contributed by atoms with Gasteiger partial charge in [-0.2, -0.15) is 0 Å². The smallest absolute Gasteiger partial charge is 0.239 e. The number of nitrogens with one attached hydrogen (secondary N) is 1. The van der Waals surface area contributed by atoms with Crippen molar-refractivity contribution in [3.05, 3.63) is 60.2 Å². The maximum absolute atomic E-state index is 13.6. The van der Waals surface area contributed by atoms with Crippen LogP contribution in [-0.4, -0.2) is 18.4 Å². The highest BCUT2D eigenvalue weighted by Crippen LogP contribution is 2.26. The lowest BCUT2D eigenvalue weighted by Crippen LogP contribution is -2.33. The molecule has 1 aliphatic heterocycles. The molecule has 4 nitrogen and oxygen atoms in total. The van der Waals surface area contributed by atoms with Crippen LogP contribution >= 0.6 is 0 Å². The molecule has 2 aromatic carbocycles. The Labute approximate surface area is 131 Å². The molecule has 0 spiro atoms. The van der Waals surface area contributed by atoms with Gasteiger partial charge >= 0.3 is 0 Å². The van der Waals surface area contributed by atoms with Crippen molar-refractivity contribution in [2.45, 2.75) is 6.42 Å². The second-order valence-electron chi connectivity index (χ2n) is 5.28. The summed E-state index contributed by atoms with van der Waals surface area (Å²) < 4.78 is 26.5. The van der Waals surface area contributed by atoms with Crippen molar-refractivity contribution in [3.8, 4) is 0 Å². The third kappa shape index (κ3) is 3.06. The van der Waals surface area contributed by atoms with E-state index >= 15 is 0 Å². The fourth-order valence-corrected chi connectivity index (χ4v) is 2.60. The van der Waals surface area contributed by atoms with Gasteiger partial charge in [0.05, 0.1) is 5.69 Å². The Morgan fingerprint density at radius 2 is 1.87 bits per heavy atom. The zero-order valence-electron chi connectivity index (χ0n) is 12.1. The summed E-state index contributed by atoms with van der Waals surface area (Å²) in [7, 11) is 0. The van der Waals surface area contributed by atoms with Crippen molar-refractivity contribution in [2.24, 2.45) is 5.92 Å². The first kappa shape index (κ1) is 15.1. The van der Waals surface area contributed by atoms with E-state index in [0.29, 0.717) is 19.0 Å². The van der Waals surface area contributed by atoms with Crippen molar-refractivity contribution in [2.75, 3.05) is 16.8 Å². The first-order chi connectivity index (χ1) is 11.1. The number of carbonyl (C=O) groups excluding carboxylic acids is 2. The number of hydrogen-bond acceptors (Lipinski definition) is 2. The molecule has 1 fully saturated rings. The summed E-state index contributed by atoms with van der Waals surface area (Å²) in [5, 5.41) is 2.35. The van der Waals surface area contributed by atoms with Crippen molar-refractivity contribution >= 4 is 23.2 Å². The van der Waals surface area contributed by atoms with Gasteiger partial charge in [0, 0.05) is 18.3 Å². The van der Waals surface area contributed by atoms with Gasteiger partial charge in [-0.3, -0.25) is 9.59 Å². The van der Waals surface area contributed by atoms with Crippen LogP contribution in [0.15, 0.2) is 48.5 Å².